The maximum absolute atomic E-state index is 13.5. The Balaban J connectivity index is 1.49. The van der Waals surface area contributed by atoms with Crippen LogP contribution in [0.15, 0.2) is 36.4 Å². The van der Waals surface area contributed by atoms with E-state index in [-0.39, 0.29) is 34.6 Å². The number of nitrogens with zero attached hydrogens (tertiary/aromatic N) is 3. The van der Waals surface area contributed by atoms with Gasteiger partial charge in [-0.2, -0.15) is 0 Å². The molecule has 0 saturated carbocycles. The number of amides is 3. The number of rotatable bonds is 11. The fourth-order valence-corrected chi connectivity index (χ4v) is 5.91. The number of likely N-dealkylation sites (tertiary alicyclic amines) is 1. The Labute approximate surface area is 257 Å². The largest absolute Gasteiger partial charge is 0.342 e. The first kappa shape index (κ1) is 31.9. The van der Waals surface area contributed by atoms with Gasteiger partial charge < -0.3 is 15.2 Å². The summed E-state index contributed by atoms with van der Waals surface area (Å²) in [5.74, 6) is 0.182. The molecule has 1 aromatic heterocycles. The molecule has 3 amide bonds. The smallest absolute Gasteiger partial charge is 0.255 e. The lowest BCUT2D eigenvalue weighted by Crippen LogP contribution is -2.45. The average Bonchev–Trinajstić information content (AvgIpc) is 3.55. The summed E-state index contributed by atoms with van der Waals surface area (Å²) in [5.41, 5.74) is 1.39. The first-order chi connectivity index (χ1) is 19.8. The molecule has 1 saturated heterocycles. The first-order valence-corrected chi connectivity index (χ1v) is 16.1. The summed E-state index contributed by atoms with van der Waals surface area (Å²) in [7, 11) is -1.07. The monoisotopic (exact) mass is 635 g/mol. The summed E-state index contributed by atoms with van der Waals surface area (Å²) in [6.07, 6.45) is 4.12. The van der Waals surface area contributed by atoms with E-state index in [0.29, 0.717) is 41.5 Å². The third-order valence-corrected chi connectivity index (χ3v) is 8.15. The van der Waals surface area contributed by atoms with Crippen molar-refractivity contribution in [2.75, 3.05) is 25.1 Å². The van der Waals surface area contributed by atoms with Gasteiger partial charge in [-0.25, -0.2) is 10.0 Å². The molecule has 1 fully saturated rings. The van der Waals surface area contributed by atoms with Crippen LogP contribution in [0, 0.1) is 0 Å². The summed E-state index contributed by atoms with van der Waals surface area (Å²) >= 11 is 12.7. The fourth-order valence-electron chi connectivity index (χ4n) is 4.91. The van der Waals surface area contributed by atoms with Crippen molar-refractivity contribution in [2.24, 2.45) is 0 Å². The van der Waals surface area contributed by atoms with Gasteiger partial charge in [-0.15, -0.1) is 0 Å². The van der Waals surface area contributed by atoms with E-state index >= 15 is 0 Å². The molecule has 0 aliphatic carbocycles. The molecule has 3 aromatic rings. The molecule has 226 valence electrons. The van der Waals surface area contributed by atoms with Crippen molar-refractivity contribution in [3.63, 3.8) is 0 Å². The van der Waals surface area contributed by atoms with Gasteiger partial charge in [0, 0.05) is 39.9 Å². The number of benzene rings is 2. The normalized spacial score (nSPS) is 16.8. The topological polar surface area (TPSA) is 125 Å². The van der Waals surface area contributed by atoms with E-state index in [4.69, 9.17) is 28.0 Å². The Hall–Kier alpha value is -2.99. The van der Waals surface area contributed by atoms with Crippen LogP contribution in [-0.2, 0) is 20.4 Å². The maximum Gasteiger partial charge on any atom is 0.255 e. The highest BCUT2D eigenvalue weighted by Gasteiger charge is 2.33. The second-order valence-electron chi connectivity index (χ2n) is 11.3. The van der Waals surface area contributed by atoms with Crippen molar-refractivity contribution in [1.82, 2.24) is 25.2 Å². The Morgan fingerprint density at radius 2 is 2.02 bits per heavy atom. The van der Waals surface area contributed by atoms with Gasteiger partial charge in [-0.3, -0.25) is 23.4 Å². The van der Waals surface area contributed by atoms with Crippen molar-refractivity contribution in [2.45, 2.75) is 57.7 Å². The number of aromatic amines is 1. The summed E-state index contributed by atoms with van der Waals surface area (Å²) in [4.78, 5) is 53.5. The SMILES string of the molecule is CS(=O)CC[C@H](NC(=O)c1ccc(C(=O)N2CCC[C@H]2CN(C=O)OC(C)(C)C)c(Cl)c1)c1nc2ccc(Cl)cc2[nH]1. The molecule has 1 unspecified atom stereocenters. The molecule has 13 heteroatoms. The molecule has 2 aromatic carbocycles. The predicted octanol–water partition coefficient (Wildman–Crippen LogP) is 4.90. The van der Waals surface area contributed by atoms with E-state index < -0.39 is 28.3 Å². The first-order valence-electron chi connectivity index (χ1n) is 13.6. The molecule has 42 heavy (non-hydrogen) atoms. The molecule has 1 aliphatic heterocycles. The van der Waals surface area contributed by atoms with Gasteiger partial charge >= 0.3 is 0 Å². The number of hydroxylamine groups is 2. The number of fused-ring (bicyclic) bond motifs is 1. The van der Waals surface area contributed by atoms with Crippen LogP contribution >= 0.6 is 23.2 Å². The zero-order chi connectivity index (χ0) is 30.6. The predicted molar refractivity (Wildman–Crippen MR) is 164 cm³/mol. The number of H-pyrrole nitrogens is 1. The minimum atomic E-state index is -1.07. The van der Waals surface area contributed by atoms with Crippen LogP contribution in [0.25, 0.3) is 11.0 Å². The lowest BCUT2D eigenvalue weighted by molar-refractivity contribution is -0.219. The minimum Gasteiger partial charge on any atom is -0.342 e. The Morgan fingerprint density at radius 3 is 2.69 bits per heavy atom. The quantitative estimate of drug-likeness (QED) is 0.228. The highest BCUT2D eigenvalue weighted by molar-refractivity contribution is 7.84. The number of carbonyl (C=O) groups is 3. The third kappa shape index (κ3) is 8.09. The molecule has 0 bridgehead atoms. The second-order valence-corrected chi connectivity index (χ2v) is 13.7. The van der Waals surface area contributed by atoms with Crippen LogP contribution < -0.4 is 5.32 Å². The average molecular weight is 637 g/mol. The molecule has 4 rings (SSSR count). The van der Waals surface area contributed by atoms with Gasteiger partial charge in [-0.05, 0) is 76.4 Å². The number of imidazole rings is 1. The molecule has 3 atom stereocenters. The summed E-state index contributed by atoms with van der Waals surface area (Å²) in [6, 6.07) is 9.04. The highest BCUT2D eigenvalue weighted by atomic mass is 35.5. The summed E-state index contributed by atoms with van der Waals surface area (Å²) < 4.78 is 11.8. The molecule has 0 radical (unpaired) electrons. The number of carbonyl (C=O) groups excluding carboxylic acids is 3. The minimum absolute atomic E-state index is 0.140. The number of hydrogen-bond acceptors (Lipinski definition) is 6. The highest BCUT2D eigenvalue weighted by Crippen LogP contribution is 2.27. The van der Waals surface area contributed by atoms with Gasteiger partial charge in [0.15, 0.2) is 0 Å². The zero-order valence-corrected chi connectivity index (χ0v) is 26.3. The van der Waals surface area contributed by atoms with Crippen LogP contribution in [0.2, 0.25) is 10.0 Å². The fraction of sp³-hybridized carbons (Fsp3) is 0.448. The van der Waals surface area contributed by atoms with Crippen molar-refractivity contribution in [1.29, 1.82) is 0 Å². The van der Waals surface area contributed by atoms with Gasteiger partial charge in [0.1, 0.15) is 5.82 Å². The van der Waals surface area contributed by atoms with Crippen molar-refractivity contribution >= 4 is 63.3 Å². The van der Waals surface area contributed by atoms with Crippen LogP contribution in [0.5, 0.6) is 0 Å². The van der Waals surface area contributed by atoms with Gasteiger partial charge in [0.05, 0.1) is 45.8 Å². The van der Waals surface area contributed by atoms with Crippen LogP contribution in [0.1, 0.15) is 72.6 Å². The van der Waals surface area contributed by atoms with Gasteiger partial charge in [0.25, 0.3) is 11.8 Å². The van der Waals surface area contributed by atoms with E-state index in [1.165, 1.54) is 17.2 Å². The maximum atomic E-state index is 13.5. The Bertz CT molecular complexity index is 1490. The van der Waals surface area contributed by atoms with Crippen LogP contribution in [0.4, 0.5) is 0 Å². The molecule has 10 nitrogen and oxygen atoms in total. The second kappa shape index (κ2) is 13.5. The van der Waals surface area contributed by atoms with Crippen molar-refractivity contribution < 1.29 is 23.4 Å². The van der Waals surface area contributed by atoms with E-state index in [9.17, 15) is 18.6 Å². The van der Waals surface area contributed by atoms with Gasteiger partial charge in [-0.1, -0.05) is 23.2 Å². The summed E-state index contributed by atoms with van der Waals surface area (Å²) in [6.45, 7) is 6.30. The molecule has 0 spiro atoms. The van der Waals surface area contributed by atoms with E-state index in [1.807, 2.05) is 20.8 Å². The van der Waals surface area contributed by atoms with Crippen LogP contribution in [0.3, 0.4) is 0 Å². The number of nitrogens with one attached hydrogen (secondary N) is 2. The number of hydrogen-bond donors (Lipinski definition) is 2. The molecule has 2 heterocycles. The Kier molecular flexibility index (Phi) is 10.3. The third-order valence-electron chi connectivity index (χ3n) is 6.79. The van der Waals surface area contributed by atoms with E-state index in [2.05, 4.69) is 15.3 Å². The van der Waals surface area contributed by atoms with Crippen molar-refractivity contribution in [3.05, 3.63) is 63.4 Å². The standard InChI is InChI=1S/C29H35Cl2N5O5S/c1-29(2,3)41-35(17-37)16-20-6-5-12-36(20)28(39)21-9-7-18(14-22(21)31)27(38)34-24(11-13-42(4)40)26-32-23-10-8-19(30)15-25(23)33-26/h7-10,14-15,17,20,24H,5-6,11-13,16H2,1-4H3,(H,32,33)(H,34,38)/t20-,24-,42?/m0/s1. The molecule has 1 aliphatic rings. The lowest BCUT2D eigenvalue weighted by Gasteiger charge is -2.32. The number of halogens is 2. The Morgan fingerprint density at radius 1 is 1.26 bits per heavy atom. The van der Waals surface area contributed by atoms with Gasteiger partial charge in [0.2, 0.25) is 6.41 Å². The lowest BCUT2D eigenvalue weighted by atomic mass is 10.1. The zero-order valence-electron chi connectivity index (χ0n) is 24.0. The van der Waals surface area contributed by atoms with Crippen molar-refractivity contribution in [3.8, 4) is 0 Å². The van der Waals surface area contributed by atoms with E-state index in [1.54, 1.807) is 35.4 Å². The van der Waals surface area contributed by atoms with E-state index in [0.717, 1.165) is 18.4 Å². The molecule has 2 N–H and O–H groups in total. The van der Waals surface area contributed by atoms with Crippen LogP contribution in [-0.4, -0.2) is 79.1 Å². The molecular weight excluding hydrogens is 601 g/mol. The summed E-state index contributed by atoms with van der Waals surface area (Å²) in [5, 5.41) is 4.88. The molecular formula is C29H35Cl2N5O5S. The number of aromatic nitrogens is 2.